The number of nitrogens with two attached hydrogens (primary N) is 1. The molecule has 0 saturated carbocycles. The summed E-state index contributed by atoms with van der Waals surface area (Å²) < 4.78 is 5.66. The molecule has 0 unspecified atom stereocenters. The van der Waals surface area contributed by atoms with Crippen LogP contribution in [-0.4, -0.2) is 5.78 Å². The number of nitrogen functional groups attached to an aromatic ring is 1. The van der Waals surface area contributed by atoms with Crippen LogP contribution in [0, 0.1) is 6.92 Å². The number of fused-ring (bicyclic) bond motifs is 1. The highest BCUT2D eigenvalue weighted by atomic mass is 35.5. The lowest BCUT2D eigenvalue weighted by Crippen LogP contribution is -2.00. The van der Waals surface area contributed by atoms with Crippen LogP contribution in [0.4, 0.5) is 5.69 Å². The largest absolute Gasteiger partial charge is 0.452 e. The molecule has 100 valence electrons. The standard InChI is InChI=1S/C16H12ClNO2/c1-9-3-2-4-11-8-14(20-16(9)11)15(19)10-5-6-13(18)12(17)7-10/h2-8H,18H2,1H3. The van der Waals surface area contributed by atoms with Crippen molar-refractivity contribution in [2.45, 2.75) is 6.92 Å². The molecule has 0 fully saturated rings. The van der Waals surface area contributed by atoms with Crippen molar-refractivity contribution in [2.75, 3.05) is 5.73 Å². The molecule has 1 heterocycles. The lowest BCUT2D eigenvalue weighted by molar-refractivity contribution is 0.101. The van der Waals surface area contributed by atoms with Gasteiger partial charge >= 0.3 is 0 Å². The number of halogens is 1. The Hall–Kier alpha value is -2.26. The van der Waals surface area contributed by atoms with Gasteiger partial charge in [0.1, 0.15) is 5.58 Å². The van der Waals surface area contributed by atoms with E-state index in [9.17, 15) is 4.79 Å². The summed E-state index contributed by atoms with van der Waals surface area (Å²) >= 11 is 5.94. The second-order valence-corrected chi connectivity index (χ2v) is 5.08. The number of rotatable bonds is 2. The molecular weight excluding hydrogens is 274 g/mol. The zero-order valence-electron chi connectivity index (χ0n) is 10.8. The molecule has 0 atom stereocenters. The summed E-state index contributed by atoms with van der Waals surface area (Å²) in [5.74, 6) is 0.0950. The van der Waals surface area contributed by atoms with Crippen molar-refractivity contribution in [3.05, 3.63) is 64.4 Å². The van der Waals surface area contributed by atoms with E-state index in [2.05, 4.69) is 0 Å². The van der Waals surface area contributed by atoms with Crippen molar-refractivity contribution in [3.63, 3.8) is 0 Å². The van der Waals surface area contributed by atoms with Crippen LogP contribution in [-0.2, 0) is 0 Å². The highest BCUT2D eigenvalue weighted by Gasteiger charge is 2.16. The first-order valence-corrected chi connectivity index (χ1v) is 6.53. The molecule has 4 heteroatoms. The number of para-hydroxylation sites is 1. The van der Waals surface area contributed by atoms with E-state index in [1.54, 1.807) is 24.3 Å². The van der Waals surface area contributed by atoms with Crippen molar-refractivity contribution < 1.29 is 9.21 Å². The molecule has 0 bridgehead atoms. The van der Waals surface area contributed by atoms with Gasteiger partial charge in [-0.25, -0.2) is 0 Å². The Morgan fingerprint density at radius 2 is 2.00 bits per heavy atom. The average Bonchev–Trinajstić information content (AvgIpc) is 2.86. The van der Waals surface area contributed by atoms with Crippen LogP contribution in [0.2, 0.25) is 5.02 Å². The zero-order chi connectivity index (χ0) is 14.3. The van der Waals surface area contributed by atoms with Crippen LogP contribution in [0.25, 0.3) is 11.0 Å². The smallest absolute Gasteiger partial charge is 0.228 e. The molecule has 0 saturated heterocycles. The topological polar surface area (TPSA) is 56.2 Å². The molecule has 0 spiro atoms. The fraction of sp³-hybridized carbons (Fsp3) is 0.0625. The van der Waals surface area contributed by atoms with Crippen LogP contribution >= 0.6 is 11.6 Å². The summed E-state index contributed by atoms with van der Waals surface area (Å²) in [6.45, 7) is 1.94. The van der Waals surface area contributed by atoms with Gasteiger partial charge in [0.2, 0.25) is 5.78 Å². The maximum Gasteiger partial charge on any atom is 0.228 e. The molecule has 20 heavy (non-hydrogen) atoms. The molecule has 3 rings (SSSR count). The summed E-state index contributed by atoms with van der Waals surface area (Å²) in [5.41, 5.74) is 8.28. The van der Waals surface area contributed by atoms with Gasteiger partial charge in [0.25, 0.3) is 0 Å². The van der Waals surface area contributed by atoms with Gasteiger partial charge in [-0.3, -0.25) is 4.79 Å². The second kappa shape index (κ2) is 4.69. The minimum absolute atomic E-state index is 0.206. The predicted octanol–water partition coefficient (Wildman–Crippen LogP) is 4.21. The van der Waals surface area contributed by atoms with E-state index in [4.69, 9.17) is 21.8 Å². The highest BCUT2D eigenvalue weighted by molar-refractivity contribution is 6.33. The fourth-order valence-electron chi connectivity index (χ4n) is 2.13. The minimum atomic E-state index is -0.206. The Balaban J connectivity index is 2.08. The maximum absolute atomic E-state index is 12.4. The number of carbonyl (C=O) groups excluding carboxylic acids is 1. The van der Waals surface area contributed by atoms with E-state index in [1.807, 2.05) is 25.1 Å². The van der Waals surface area contributed by atoms with Crippen molar-refractivity contribution >= 4 is 34.0 Å². The summed E-state index contributed by atoms with van der Waals surface area (Å²) in [4.78, 5) is 12.4. The van der Waals surface area contributed by atoms with Gasteiger partial charge in [0, 0.05) is 10.9 Å². The van der Waals surface area contributed by atoms with E-state index < -0.39 is 0 Å². The normalized spacial score (nSPS) is 10.9. The monoisotopic (exact) mass is 285 g/mol. The van der Waals surface area contributed by atoms with Crippen molar-refractivity contribution in [2.24, 2.45) is 0 Å². The first-order valence-electron chi connectivity index (χ1n) is 6.15. The molecule has 0 aliphatic rings. The van der Waals surface area contributed by atoms with Gasteiger partial charge in [-0.05, 0) is 36.8 Å². The Kier molecular flexibility index (Phi) is 2.99. The average molecular weight is 286 g/mol. The molecule has 0 radical (unpaired) electrons. The highest BCUT2D eigenvalue weighted by Crippen LogP contribution is 2.26. The maximum atomic E-state index is 12.4. The minimum Gasteiger partial charge on any atom is -0.452 e. The van der Waals surface area contributed by atoms with E-state index >= 15 is 0 Å². The van der Waals surface area contributed by atoms with Crippen LogP contribution < -0.4 is 5.73 Å². The first-order chi connectivity index (χ1) is 9.56. The second-order valence-electron chi connectivity index (χ2n) is 4.67. The molecule has 1 aromatic heterocycles. The third-order valence-corrected chi connectivity index (χ3v) is 3.55. The van der Waals surface area contributed by atoms with Gasteiger partial charge in [0.05, 0.1) is 10.7 Å². The van der Waals surface area contributed by atoms with Crippen LogP contribution in [0.5, 0.6) is 0 Å². The van der Waals surface area contributed by atoms with Crippen molar-refractivity contribution in [1.82, 2.24) is 0 Å². The van der Waals surface area contributed by atoms with E-state index in [-0.39, 0.29) is 5.78 Å². The van der Waals surface area contributed by atoms with E-state index in [0.29, 0.717) is 22.0 Å². The number of benzene rings is 2. The number of hydrogen-bond donors (Lipinski definition) is 1. The molecule has 2 N–H and O–H groups in total. The fourth-order valence-corrected chi connectivity index (χ4v) is 2.31. The van der Waals surface area contributed by atoms with E-state index in [1.165, 1.54) is 0 Å². The molecule has 0 aliphatic carbocycles. The van der Waals surface area contributed by atoms with Gasteiger partial charge in [-0.2, -0.15) is 0 Å². The number of furan rings is 1. The summed E-state index contributed by atoms with van der Waals surface area (Å²) in [7, 11) is 0. The lowest BCUT2D eigenvalue weighted by atomic mass is 10.1. The molecule has 0 aliphatic heterocycles. The Morgan fingerprint density at radius 1 is 1.20 bits per heavy atom. The molecular formula is C16H12ClNO2. The number of aryl methyl sites for hydroxylation is 1. The third kappa shape index (κ3) is 2.06. The van der Waals surface area contributed by atoms with Crippen molar-refractivity contribution in [3.8, 4) is 0 Å². The summed E-state index contributed by atoms with van der Waals surface area (Å²) in [6.07, 6.45) is 0. The van der Waals surface area contributed by atoms with Gasteiger partial charge in [0.15, 0.2) is 5.76 Å². The van der Waals surface area contributed by atoms with E-state index in [0.717, 1.165) is 16.5 Å². The quantitative estimate of drug-likeness (QED) is 0.567. The van der Waals surface area contributed by atoms with Crippen molar-refractivity contribution in [1.29, 1.82) is 0 Å². The van der Waals surface area contributed by atoms with Gasteiger partial charge in [-0.15, -0.1) is 0 Å². The number of carbonyl (C=O) groups is 1. The summed E-state index contributed by atoms with van der Waals surface area (Å²) in [6, 6.07) is 12.3. The SMILES string of the molecule is Cc1cccc2cc(C(=O)c3ccc(N)c(Cl)c3)oc12. The lowest BCUT2D eigenvalue weighted by Gasteiger charge is -2.01. The number of anilines is 1. The predicted molar refractivity (Wildman–Crippen MR) is 80.2 cm³/mol. The molecule has 0 amide bonds. The third-order valence-electron chi connectivity index (χ3n) is 3.23. The van der Waals surface area contributed by atoms with Gasteiger partial charge in [-0.1, -0.05) is 29.8 Å². The first kappa shape index (κ1) is 12.8. The van der Waals surface area contributed by atoms with Crippen LogP contribution in [0.15, 0.2) is 46.9 Å². The number of hydrogen-bond acceptors (Lipinski definition) is 3. The molecule has 3 aromatic rings. The zero-order valence-corrected chi connectivity index (χ0v) is 11.6. The Morgan fingerprint density at radius 3 is 2.70 bits per heavy atom. The van der Waals surface area contributed by atoms with Crippen LogP contribution in [0.3, 0.4) is 0 Å². The summed E-state index contributed by atoms with van der Waals surface area (Å²) in [5, 5.41) is 1.28. The Bertz CT molecular complexity index is 820. The number of ketones is 1. The molecule has 2 aromatic carbocycles. The Labute approximate surface area is 120 Å². The molecule has 3 nitrogen and oxygen atoms in total. The van der Waals surface area contributed by atoms with Crippen LogP contribution in [0.1, 0.15) is 21.7 Å². The van der Waals surface area contributed by atoms with Gasteiger partial charge < -0.3 is 10.2 Å².